The van der Waals surface area contributed by atoms with Gasteiger partial charge in [0.1, 0.15) is 0 Å². The van der Waals surface area contributed by atoms with Gasteiger partial charge in [0.25, 0.3) is 0 Å². The minimum atomic E-state index is -0.501. The van der Waals surface area contributed by atoms with Gasteiger partial charge < -0.3 is 11.1 Å². The summed E-state index contributed by atoms with van der Waals surface area (Å²) in [4.78, 5) is 15.9. The second-order valence-electron chi connectivity index (χ2n) is 4.85. The summed E-state index contributed by atoms with van der Waals surface area (Å²) >= 11 is 0. The van der Waals surface area contributed by atoms with E-state index in [-0.39, 0.29) is 11.9 Å². The molecular formula is C14H23N3O. The topological polar surface area (TPSA) is 68.0 Å². The first-order valence-corrected chi connectivity index (χ1v) is 6.49. The van der Waals surface area contributed by atoms with Crippen LogP contribution in [-0.4, -0.2) is 23.0 Å². The van der Waals surface area contributed by atoms with Crippen molar-refractivity contribution in [3.63, 3.8) is 0 Å². The molecule has 4 heteroatoms. The summed E-state index contributed by atoms with van der Waals surface area (Å²) in [5, 5.41) is 2.97. The molecule has 3 unspecified atom stereocenters. The summed E-state index contributed by atoms with van der Waals surface area (Å²) in [7, 11) is 0. The van der Waals surface area contributed by atoms with Crippen LogP contribution < -0.4 is 11.1 Å². The van der Waals surface area contributed by atoms with Crippen molar-refractivity contribution in [3.05, 3.63) is 30.1 Å². The van der Waals surface area contributed by atoms with Crippen LogP contribution in [0.3, 0.4) is 0 Å². The van der Waals surface area contributed by atoms with Crippen LogP contribution >= 0.6 is 0 Å². The molecule has 0 aliphatic carbocycles. The van der Waals surface area contributed by atoms with Gasteiger partial charge in [-0.3, -0.25) is 9.78 Å². The van der Waals surface area contributed by atoms with Crippen LogP contribution in [0.4, 0.5) is 0 Å². The molecule has 0 aliphatic heterocycles. The Bertz CT molecular complexity index is 367. The van der Waals surface area contributed by atoms with E-state index in [0.717, 1.165) is 12.0 Å². The van der Waals surface area contributed by atoms with Crippen molar-refractivity contribution in [2.24, 2.45) is 11.7 Å². The molecule has 1 heterocycles. The lowest BCUT2D eigenvalue weighted by Crippen LogP contribution is -2.47. The normalized spacial score (nSPS) is 15.8. The molecule has 0 saturated heterocycles. The third kappa shape index (κ3) is 4.45. The van der Waals surface area contributed by atoms with Crippen molar-refractivity contribution in [1.29, 1.82) is 0 Å². The van der Waals surface area contributed by atoms with Crippen molar-refractivity contribution in [3.8, 4) is 0 Å². The fourth-order valence-corrected chi connectivity index (χ4v) is 1.69. The van der Waals surface area contributed by atoms with Crippen LogP contribution in [0.2, 0.25) is 0 Å². The van der Waals surface area contributed by atoms with Crippen LogP contribution in [0.5, 0.6) is 0 Å². The average Bonchev–Trinajstić information content (AvgIpc) is 2.38. The van der Waals surface area contributed by atoms with Gasteiger partial charge in [-0.05, 0) is 37.0 Å². The predicted octanol–water partition coefficient (Wildman–Crippen LogP) is 1.50. The molecule has 1 amide bonds. The number of aromatic nitrogens is 1. The van der Waals surface area contributed by atoms with Crippen molar-refractivity contribution in [1.82, 2.24) is 10.3 Å². The molecule has 0 bridgehead atoms. The number of carbonyl (C=O) groups excluding carboxylic acids is 1. The molecular weight excluding hydrogens is 226 g/mol. The number of hydrogen-bond donors (Lipinski definition) is 2. The Morgan fingerprint density at radius 2 is 2.00 bits per heavy atom. The molecule has 0 aliphatic rings. The molecule has 4 nitrogen and oxygen atoms in total. The molecule has 3 N–H and O–H groups in total. The van der Waals surface area contributed by atoms with Crippen LogP contribution in [0.15, 0.2) is 24.5 Å². The maximum Gasteiger partial charge on any atom is 0.237 e. The number of pyridine rings is 1. The predicted molar refractivity (Wildman–Crippen MR) is 73.0 cm³/mol. The largest absolute Gasteiger partial charge is 0.352 e. The van der Waals surface area contributed by atoms with Crippen molar-refractivity contribution >= 4 is 5.91 Å². The summed E-state index contributed by atoms with van der Waals surface area (Å²) in [5.74, 6) is 0.377. The zero-order valence-corrected chi connectivity index (χ0v) is 11.4. The van der Waals surface area contributed by atoms with Gasteiger partial charge in [-0.25, -0.2) is 0 Å². The summed E-state index contributed by atoms with van der Waals surface area (Å²) < 4.78 is 0. The van der Waals surface area contributed by atoms with Crippen LogP contribution in [0.25, 0.3) is 0 Å². The zero-order chi connectivity index (χ0) is 13.5. The monoisotopic (exact) mass is 249 g/mol. The summed E-state index contributed by atoms with van der Waals surface area (Å²) in [6.07, 6.45) is 5.01. The van der Waals surface area contributed by atoms with Gasteiger partial charge in [0.05, 0.1) is 6.04 Å². The van der Waals surface area contributed by atoms with E-state index >= 15 is 0 Å². The molecule has 100 valence electrons. The quantitative estimate of drug-likeness (QED) is 0.803. The minimum Gasteiger partial charge on any atom is -0.352 e. The van der Waals surface area contributed by atoms with Gasteiger partial charge in [-0.2, -0.15) is 0 Å². The fourth-order valence-electron chi connectivity index (χ4n) is 1.69. The first-order chi connectivity index (χ1) is 8.54. The molecule has 18 heavy (non-hydrogen) atoms. The molecule has 0 spiro atoms. The maximum atomic E-state index is 11.9. The summed E-state index contributed by atoms with van der Waals surface area (Å²) in [6.45, 7) is 6.26. The van der Waals surface area contributed by atoms with Crippen molar-refractivity contribution in [2.45, 2.75) is 45.7 Å². The third-order valence-corrected chi connectivity index (χ3v) is 3.41. The van der Waals surface area contributed by atoms with Gasteiger partial charge in [0.15, 0.2) is 0 Å². The van der Waals surface area contributed by atoms with Crippen LogP contribution in [0, 0.1) is 5.92 Å². The second-order valence-corrected chi connectivity index (χ2v) is 4.85. The van der Waals surface area contributed by atoms with E-state index < -0.39 is 6.04 Å². The van der Waals surface area contributed by atoms with E-state index in [4.69, 9.17) is 5.73 Å². The van der Waals surface area contributed by atoms with E-state index in [2.05, 4.69) is 24.1 Å². The highest BCUT2D eigenvalue weighted by atomic mass is 16.2. The molecule has 3 atom stereocenters. The SMILES string of the molecule is CCC(C)C(C)NC(=O)C(N)Cc1ccncc1. The number of amides is 1. The number of nitrogens with two attached hydrogens (primary N) is 1. The summed E-state index contributed by atoms with van der Waals surface area (Å²) in [5.41, 5.74) is 6.94. The van der Waals surface area contributed by atoms with Gasteiger partial charge in [0.2, 0.25) is 5.91 Å². The number of nitrogens with one attached hydrogen (secondary N) is 1. The smallest absolute Gasteiger partial charge is 0.237 e. The Hall–Kier alpha value is -1.42. The number of carbonyl (C=O) groups is 1. The molecule has 0 saturated carbocycles. The highest BCUT2D eigenvalue weighted by Crippen LogP contribution is 2.07. The maximum absolute atomic E-state index is 11.9. The third-order valence-electron chi connectivity index (χ3n) is 3.41. The first kappa shape index (κ1) is 14.6. The molecule has 1 rings (SSSR count). The molecule has 0 aromatic carbocycles. The minimum absolute atomic E-state index is 0.0837. The van der Waals surface area contributed by atoms with E-state index in [1.54, 1.807) is 12.4 Å². The average molecular weight is 249 g/mol. The highest BCUT2D eigenvalue weighted by Gasteiger charge is 2.18. The zero-order valence-electron chi connectivity index (χ0n) is 11.4. The molecule has 1 aromatic rings. The fraction of sp³-hybridized carbons (Fsp3) is 0.571. The lowest BCUT2D eigenvalue weighted by molar-refractivity contribution is -0.123. The van der Waals surface area contributed by atoms with Crippen molar-refractivity contribution < 1.29 is 4.79 Å². The number of nitrogens with zero attached hydrogens (tertiary/aromatic N) is 1. The second kappa shape index (κ2) is 7.11. The van der Waals surface area contributed by atoms with Crippen molar-refractivity contribution in [2.75, 3.05) is 0 Å². The highest BCUT2D eigenvalue weighted by molar-refractivity contribution is 5.82. The van der Waals surface area contributed by atoms with E-state index in [1.165, 1.54) is 0 Å². The Labute approximate surface area is 109 Å². The lowest BCUT2D eigenvalue weighted by Gasteiger charge is -2.22. The Morgan fingerprint density at radius 1 is 1.39 bits per heavy atom. The Balaban J connectivity index is 2.47. The molecule has 1 aromatic heterocycles. The van der Waals surface area contributed by atoms with E-state index in [1.807, 2.05) is 19.1 Å². The Morgan fingerprint density at radius 3 is 2.56 bits per heavy atom. The summed E-state index contributed by atoms with van der Waals surface area (Å²) in [6, 6.07) is 3.42. The van der Waals surface area contributed by atoms with Gasteiger partial charge in [-0.15, -0.1) is 0 Å². The molecule has 0 radical (unpaired) electrons. The van der Waals surface area contributed by atoms with Gasteiger partial charge >= 0.3 is 0 Å². The Kier molecular flexibility index (Phi) is 5.78. The van der Waals surface area contributed by atoms with Crippen LogP contribution in [0.1, 0.15) is 32.8 Å². The van der Waals surface area contributed by atoms with E-state index in [0.29, 0.717) is 12.3 Å². The first-order valence-electron chi connectivity index (χ1n) is 6.49. The molecule has 0 fully saturated rings. The number of hydrogen-bond acceptors (Lipinski definition) is 3. The lowest BCUT2D eigenvalue weighted by atomic mass is 10.00. The standard InChI is InChI=1S/C14H23N3O/c1-4-10(2)11(3)17-14(18)13(15)9-12-5-7-16-8-6-12/h5-8,10-11,13H,4,9,15H2,1-3H3,(H,17,18). The van der Waals surface area contributed by atoms with Gasteiger partial charge in [-0.1, -0.05) is 20.3 Å². The van der Waals surface area contributed by atoms with Crippen LogP contribution in [-0.2, 0) is 11.2 Å². The van der Waals surface area contributed by atoms with Gasteiger partial charge in [0, 0.05) is 18.4 Å². The van der Waals surface area contributed by atoms with E-state index in [9.17, 15) is 4.79 Å². The number of rotatable bonds is 6.